The molecule has 1 aliphatic rings. The number of β-lactam (4-membered cyclic amide) rings is 1. The highest BCUT2D eigenvalue weighted by Gasteiger charge is 2.51. The molecule has 6 nitrogen and oxygen atoms in total. The Morgan fingerprint density at radius 2 is 1.74 bits per heavy atom. The fourth-order valence-corrected chi connectivity index (χ4v) is 3.78. The van der Waals surface area contributed by atoms with Gasteiger partial charge in [-0.3, -0.25) is 14.6 Å². The predicted molar refractivity (Wildman–Crippen MR) is 119 cm³/mol. The first-order valence-electron chi connectivity index (χ1n) is 10.4. The van der Waals surface area contributed by atoms with Crippen LogP contribution in [-0.2, 0) is 9.59 Å². The van der Waals surface area contributed by atoms with Gasteiger partial charge in [0.2, 0.25) is 12.0 Å². The first-order chi connectivity index (χ1) is 15.0. The zero-order valence-corrected chi connectivity index (χ0v) is 17.6. The van der Waals surface area contributed by atoms with Gasteiger partial charge in [0.25, 0.3) is 5.91 Å². The number of carbonyl (C=O) groups excluding carboxylic acids is 2. The van der Waals surface area contributed by atoms with Crippen molar-refractivity contribution in [1.29, 1.82) is 0 Å². The number of hydrogen-bond donors (Lipinski definition) is 1. The molecule has 1 fully saturated rings. The molecule has 2 amide bonds. The highest BCUT2D eigenvalue weighted by molar-refractivity contribution is 5.98. The molecule has 0 spiro atoms. The maximum absolute atomic E-state index is 12.9. The summed E-state index contributed by atoms with van der Waals surface area (Å²) in [5.74, 6) is 0.399. The molecule has 0 bridgehead atoms. The monoisotopic (exact) mass is 415 g/mol. The van der Waals surface area contributed by atoms with Crippen molar-refractivity contribution in [3.8, 4) is 5.75 Å². The number of hydrogen-bond acceptors (Lipinski definition) is 4. The Morgan fingerprint density at radius 1 is 1.03 bits per heavy atom. The minimum absolute atomic E-state index is 0.0683. The standard InChI is InChI=1S/C25H25N3O3/c1-17(2)19-12-6-7-13-20(19)27-22(29)16-28-23(21-14-8-9-15-26-21)24(25(28)30)31-18-10-4-3-5-11-18/h3-15,17,23-24H,16H2,1-2H3,(H,27,29). The van der Waals surface area contributed by atoms with Crippen LogP contribution in [0.4, 0.5) is 5.69 Å². The largest absolute Gasteiger partial charge is 0.478 e. The lowest BCUT2D eigenvalue weighted by molar-refractivity contribution is -0.165. The zero-order chi connectivity index (χ0) is 21.8. The van der Waals surface area contributed by atoms with E-state index in [9.17, 15) is 9.59 Å². The van der Waals surface area contributed by atoms with Crippen LogP contribution in [0.25, 0.3) is 0 Å². The van der Waals surface area contributed by atoms with E-state index >= 15 is 0 Å². The van der Waals surface area contributed by atoms with E-state index < -0.39 is 12.1 Å². The molecule has 0 aliphatic carbocycles. The van der Waals surface area contributed by atoms with E-state index in [1.54, 1.807) is 18.3 Å². The summed E-state index contributed by atoms with van der Waals surface area (Å²) in [5.41, 5.74) is 2.51. The third kappa shape index (κ3) is 4.43. The quantitative estimate of drug-likeness (QED) is 0.588. The molecule has 1 aliphatic heterocycles. The Bertz CT molecular complexity index is 1050. The Labute approximate surface area is 181 Å². The maximum Gasteiger partial charge on any atom is 0.267 e. The molecule has 2 unspecified atom stereocenters. The minimum atomic E-state index is -0.715. The number of rotatable bonds is 7. The number of ether oxygens (including phenoxy) is 1. The first kappa shape index (κ1) is 20.6. The van der Waals surface area contributed by atoms with Crippen LogP contribution in [0.2, 0.25) is 0 Å². The average Bonchev–Trinajstić information content (AvgIpc) is 2.79. The second-order valence-corrected chi connectivity index (χ2v) is 7.81. The van der Waals surface area contributed by atoms with Crippen LogP contribution in [-0.4, -0.2) is 34.3 Å². The topological polar surface area (TPSA) is 71.5 Å². The van der Waals surface area contributed by atoms with Crippen LogP contribution in [0, 0.1) is 0 Å². The summed E-state index contributed by atoms with van der Waals surface area (Å²) in [7, 11) is 0. The second-order valence-electron chi connectivity index (χ2n) is 7.81. The fourth-order valence-electron chi connectivity index (χ4n) is 3.78. The lowest BCUT2D eigenvalue weighted by Crippen LogP contribution is -2.62. The fraction of sp³-hybridized carbons (Fsp3) is 0.240. The molecule has 0 saturated carbocycles. The Balaban J connectivity index is 1.52. The number of carbonyl (C=O) groups is 2. The van der Waals surface area contributed by atoms with E-state index in [2.05, 4.69) is 24.1 Å². The maximum atomic E-state index is 12.9. The average molecular weight is 415 g/mol. The van der Waals surface area contributed by atoms with Crippen LogP contribution in [0.5, 0.6) is 5.75 Å². The van der Waals surface area contributed by atoms with Crippen molar-refractivity contribution in [2.75, 3.05) is 11.9 Å². The van der Waals surface area contributed by atoms with Crippen LogP contribution in [0.15, 0.2) is 79.0 Å². The van der Waals surface area contributed by atoms with Gasteiger partial charge in [-0.1, -0.05) is 56.3 Å². The lowest BCUT2D eigenvalue weighted by Gasteiger charge is -2.45. The second kappa shape index (κ2) is 9.00. The highest BCUT2D eigenvalue weighted by atomic mass is 16.5. The van der Waals surface area contributed by atoms with Gasteiger partial charge < -0.3 is 15.0 Å². The third-order valence-corrected chi connectivity index (χ3v) is 5.32. The third-order valence-electron chi connectivity index (χ3n) is 5.32. The number of aromatic nitrogens is 1. The van der Waals surface area contributed by atoms with E-state index in [0.29, 0.717) is 11.4 Å². The van der Waals surface area contributed by atoms with Gasteiger partial charge >= 0.3 is 0 Å². The normalized spacial score (nSPS) is 17.9. The van der Waals surface area contributed by atoms with Gasteiger partial charge in [0.05, 0.1) is 5.69 Å². The summed E-state index contributed by atoms with van der Waals surface area (Å²) in [6, 6.07) is 22.0. The molecule has 2 aromatic carbocycles. The number of pyridine rings is 1. The van der Waals surface area contributed by atoms with E-state index in [4.69, 9.17) is 4.74 Å². The molecule has 1 saturated heterocycles. The van der Waals surface area contributed by atoms with Gasteiger partial charge in [-0.05, 0) is 41.8 Å². The van der Waals surface area contributed by atoms with Gasteiger partial charge in [-0.25, -0.2) is 0 Å². The Morgan fingerprint density at radius 3 is 2.45 bits per heavy atom. The van der Waals surface area contributed by atoms with Crippen molar-refractivity contribution in [2.45, 2.75) is 31.9 Å². The molecular formula is C25H25N3O3. The summed E-state index contributed by atoms with van der Waals surface area (Å²) in [6.45, 7) is 4.08. The van der Waals surface area contributed by atoms with Crippen LogP contribution < -0.4 is 10.1 Å². The number of nitrogens with zero attached hydrogens (tertiary/aromatic N) is 2. The number of amides is 2. The summed E-state index contributed by atoms with van der Waals surface area (Å²) in [5, 5.41) is 2.95. The van der Waals surface area contributed by atoms with E-state index in [1.165, 1.54) is 4.90 Å². The molecule has 4 rings (SSSR count). The molecule has 2 atom stereocenters. The van der Waals surface area contributed by atoms with Crippen molar-refractivity contribution in [1.82, 2.24) is 9.88 Å². The van der Waals surface area contributed by atoms with Gasteiger partial charge in [0.15, 0.2) is 0 Å². The van der Waals surface area contributed by atoms with Crippen molar-refractivity contribution in [3.05, 3.63) is 90.3 Å². The number of benzene rings is 2. The lowest BCUT2D eigenvalue weighted by atomic mass is 9.93. The minimum Gasteiger partial charge on any atom is -0.478 e. The molecule has 1 aromatic heterocycles. The van der Waals surface area contributed by atoms with E-state index in [0.717, 1.165) is 11.3 Å². The molecule has 31 heavy (non-hydrogen) atoms. The van der Waals surface area contributed by atoms with Crippen molar-refractivity contribution < 1.29 is 14.3 Å². The predicted octanol–water partition coefficient (Wildman–Crippen LogP) is 4.17. The summed E-state index contributed by atoms with van der Waals surface area (Å²) < 4.78 is 5.95. The molecule has 0 radical (unpaired) electrons. The van der Waals surface area contributed by atoms with Crippen LogP contribution in [0.3, 0.4) is 0 Å². The van der Waals surface area contributed by atoms with E-state index in [-0.39, 0.29) is 24.3 Å². The summed E-state index contributed by atoms with van der Waals surface area (Å²) in [6.07, 6.45) is 0.961. The van der Waals surface area contributed by atoms with Crippen molar-refractivity contribution >= 4 is 17.5 Å². The Kier molecular flexibility index (Phi) is 5.98. The first-order valence-corrected chi connectivity index (χ1v) is 10.4. The Hall–Kier alpha value is -3.67. The number of anilines is 1. The van der Waals surface area contributed by atoms with Gasteiger partial charge in [-0.2, -0.15) is 0 Å². The molecule has 2 heterocycles. The summed E-state index contributed by atoms with van der Waals surface area (Å²) >= 11 is 0. The van der Waals surface area contributed by atoms with Crippen LogP contribution in [0.1, 0.15) is 37.1 Å². The highest BCUT2D eigenvalue weighted by Crippen LogP contribution is 2.36. The number of nitrogens with one attached hydrogen (secondary N) is 1. The molecule has 6 heteroatoms. The van der Waals surface area contributed by atoms with Crippen LogP contribution >= 0.6 is 0 Å². The van der Waals surface area contributed by atoms with Crippen molar-refractivity contribution in [2.24, 2.45) is 0 Å². The smallest absolute Gasteiger partial charge is 0.267 e. The zero-order valence-electron chi connectivity index (χ0n) is 17.6. The molecular weight excluding hydrogens is 390 g/mol. The number of para-hydroxylation sites is 2. The van der Waals surface area contributed by atoms with Gasteiger partial charge in [-0.15, -0.1) is 0 Å². The SMILES string of the molecule is CC(C)c1ccccc1NC(=O)CN1C(=O)C(Oc2ccccc2)C1c1ccccn1. The van der Waals surface area contributed by atoms with Crippen molar-refractivity contribution in [3.63, 3.8) is 0 Å². The molecule has 1 N–H and O–H groups in total. The van der Waals surface area contributed by atoms with Gasteiger partial charge in [0.1, 0.15) is 18.3 Å². The molecule has 3 aromatic rings. The molecule has 158 valence electrons. The van der Waals surface area contributed by atoms with E-state index in [1.807, 2.05) is 60.7 Å². The van der Waals surface area contributed by atoms with Gasteiger partial charge in [0, 0.05) is 11.9 Å². The number of likely N-dealkylation sites (tertiary alicyclic amines) is 1. The summed E-state index contributed by atoms with van der Waals surface area (Å²) in [4.78, 5) is 31.6.